The van der Waals surface area contributed by atoms with E-state index >= 15 is 0 Å². The molecule has 0 aliphatic rings. The molecule has 0 N–H and O–H groups in total. The van der Waals surface area contributed by atoms with Crippen molar-refractivity contribution < 1.29 is 0 Å². The molecule has 11 heavy (non-hydrogen) atoms. The van der Waals surface area contributed by atoms with Crippen molar-refractivity contribution in [3.63, 3.8) is 0 Å². The first-order valence-electron chi connectivity index (χ1n) is 3.77. The lowest BCUT2D eigenvalue weighted by Crippen LogP contribution is -1.88. The number of thioether (sulfide) groups is 1. The number of rotatable bonds is 3. The van der Waals surface area contributed by atoms with Gasteiger partial charge in [0.25, 0.3) is 0 Å². The monoisotopic (exact) mass is 165 g/mol. The maximum atomic E-state index is 3.92. The topological polar surface area (TPSA) is 0 Å². The molecule has 0 aromatic heterocycles. The molecule has 1 radical (unpaired) electrons. The van der Waals surface area contributed by atoms with Gasteiger partial charge in [-0.05, 0) is 12.5 Å². The zero-order valence-corrected chi connectivity index (χ0v) is 7.60. The van der Waals surface area contributed by atoms with Gasteiger partial charge in [-0.25, -0.2) is 0 Å². The molecule has 0 saturated heterocycles. The second kappa shape index (κ2) is 4.45. The fourth-order valence-electron chi connectivity index (χ4n) is 0.813. The minimum Gasteiger partial charge on any atom is -0.154 e. The third-order valence-corrected chi connectivity index (χ3v) is 2.45. The van der Waals surface area contributed by atoms with Crippen molar-refractivity contribution in [3.8, 4) is 0 Å². The SMILES string of the molecule is [CH2]C(C)SCc1ccccc1. The number of hydrogen-bond acceptors (Lipinski definition) is 1. The molecule has 1 heteroatoms. The Labute approximate surface area is 73.0 Å². The van der Waals surface area contributed by atoms with Gasteiger partial charge < -0.3 is 0 Å². The largest absolute Gasteiger partial charge is 0.154 e. The fraction of sp³-hybridized carbons (Fsp3) is 0.300. The first-order chi connectivity index (χ1) is 5.29. The molecule has 59 valence electrons. The van der Waals surface area contributed by atoms with Crippen molar-refractivity contribution in [1.29, 1.82) is 0 Å². The van der Waals surface area contributed by atoms with Crippen LogP contribution in [0.25, 0.3) is 0 Å². The van der Waals surface area contributed by atoms with E-state index < -0.39 is 0 Å². The van der Waals surface area contributed by atoms with E-state index in [9.17, 15) is 0 Å². The summed E-state index contributed by atoms with van der Waals surface area (Å²) in [5.41, 5.74) is 1.38. The molecule has 1 aromatic rings. The summed E-state index contributed by atoms with van der Waals surface area (Å²) in [6.45, 7) is 6.04. The summed E-state index contributed by atoms with van der Waals surface area (Å²) in [5.74, 6) is 1.07. The van der Waals surface area contributed by atoms with Gasteiger partial charge in [-0.15, -0.1) is 0 Å². The highest BCUT2D eigenvalue weighted by molar-refractivity contribution is 7.99. The molecule has 1 atom stereocenters. The summed E-state index contributed by atoms with van der Waals surface area (Å²) in [6.07, 6.45) is 0. The van der Waals surface area contributed by atoms with Crippen molar-refractivity contribution >= 4 is 11.8 Å². The van der Waals surface area contributed by atoms with Crippen molar-refractivity contribution in [2.24, 2.45) is 0 Å². The predicted octanol–water partition coefficient (Wildman–Crippen LogP) is 3.14. The lowest BCUT2D eigenvalue weighted by atomic mass is 10.2. The summed E-state index contributed by atoms with van der Waals surface area (Å²) in [4.78, 5) is 0. The van der Waals surface area contributed by atoms with Gasteiger partial charge in [0.2, 0.25) is 0 Å². The Morgan fingerprint density at radius 1 is 1.36 bits per heavy atom. The first-order valence-corrected chi connectivity index (χ1v) is 4.82. The van der Waals surface area contributed by atoms with E-state index in [-0.39, 0.29) is 0 Å². The predicted molar refractivity (Wildman–Crippen MR) is 52.6 cm³/mol. The van der Waals surface area contributed by atoms with E-state index in [4.69, 9.17) is 0 Å². The molecule has 0 aliphatic carbocycles. The molecule has 1 rings (SSSR count). The Bertz CT molecular complexity index is 191. The van der Waals surface area contributed by atoms with Crippen LogP contribution in [0.5, 0.6) is 0 Å². The van der Waals surface area contributed by atoms with Crippen molar-refractivity contribution in [3.05, 3.63) is 42.8 Å². The van der Waals surface area contributed by atoms with Crippen LogP contribution in [-0.4, -0.2) is 5.25 Å². The van der Waals surface area contributed by atoms with Crippen LogP contribution < -0.4 is 0 Å². The molecule has 1 aromatic carbocycles. The lowest BCUT2D eigenvalue weighted by molar-refractivity contribution is 1.23. The van der Waals surface area contributed by atoms with E-state index in [2.05, 4.69) is 38.1 Å². The summed E-state index contributed by atoms with van der Waals surface area (Å²) in [5, 5.41) is 0.482. The van der Waals surface area contributed by atoms with E-state index in [1.54, 1.807) is 0 Å². The Hall–Kier alpha value is -0.430. The average molecular weight is 165 g/mol. The fourth-order valence-corrected chi connectivity index (χ4v) is 1.48. The molecule has 0 bridgehead atoms. The van der Waals surface area contributed by atoms with Gasteiger partial charge in [0.1, 0.15) is 0 Å². The molecule has 0 nitrogen and oxygen atoms in total. The van der Waals surface area contributed by atoms with Gasteiger partial charge in [-0.2, -0.15) is 11.8 Å². The second-order valence-electron chi connectivity index (χ2n) is 2.61. The smallest absolute Gasteiger partial charge is 0.0187 e. The molecule has 0 aliphatic heterocycles. The normalized spacial score (nSPS) is 10.5. The Morgan fingerprint density at radius 2 is 2.00 bits per heavy atom. The standard InChI is InChI=1S/C10H13S/c1-9(2)11-8-10-6-4-3-5-7-10/h3-7,9H,1,8H2,2H3. The van der Waals surface area contributed by atoms with Crippen LogP contribution in [0.3, 0.4) is 0 Å². The van der Waals surface area contributed by atoms with E-state index in [0.29, 0.717) is 5.25 Å². The second-order valence-corrected chi connectivity index (χ2v) is 4.03. The van der Waals surface area contributed by atoms with Gasteiger partial charge in [-0.3, -0.25) is 0 Å². The Balaban J connectivity index is 2.39. The van der Waals surface area contributed by atoms with Gasteiger partial charge in [0.15, 0.2) is 0 Å². The molecular weight excluding hydrogens is 152 g/mol. The highest BCUT2D eigenvalue weighted by Crippen LogP contribution is 2.15. The van der Waals surface area contributed by atoms with Crippen LogP contribution in [0, 0.1) is 6.92 Å². The summed E-state index contributed by atoms with van der Waals surface area (Å²) in [6, 6.07) is 10.5. The maximum Gasteiger partial charge on any atom is 0.0187 e. The third-order valence-electron chi connectivity index (χ3n) is 1.38. The minimum atomic E-state index is 0.482. The van der Waals surface area contributed by atoms with Crippen molar-refractivity contribution in [2.45, 2.75) is 17.9 Å². The average Bonchev–Trinajstić information content (AvgIpc) is 2.03. The quantitative estimate of drug-likeness (QED) is 0.663. The molecular formula is C10H13S. The molecule has 1 unspecified atom stereocenters. The minimum absolute atomic E-state index is 0.482. The van der Waals surface area contributed by atoms with E-state index in [1.807, 2.05) is 17.8 Å². The van der Waals surface area contributed by atoms with Crippen LogP contribution in [0.2, 0.25) is 0 Å². The maximum absolute atomic E-state index is 3.92. The Kier molecular flexibility index (Phi) is 3.50. The van der Waals surface area contributed by atoms with Crippen LogP contribution in [0.4, 0.5) is 0 Å². The van der Waals surface area contributed by atoms with E-state index in [1.165, 1.54) is 5.56 Å². The zero-order valence-electron chi connectivity index (χ0n) is 6.79. The summed E-state index contributed by atoms with van der Waals surface area (Å²) < 4.78 is 0. The summed E-state index contributed by atoms with van der Waals surface area (Å²) in [7, 11) is 0. The molecule has 0 fully saturated rings. The highest BCUT2D eigenvalue weighted by atomic mass is 32.2. The molecule has 0 spiro atoms. The highest BCUT2D eigenvalue weighted by Gasteiger charge is 1.94. The van der Waals surface area contributed by atoms with Gasteiger partial charge in [0.05, 0.1) is 0 Å². The van der Waals surface area contributed by atoms with Gasteiger partial charge in [0, 0.05) is 11.0 Å². The van der Waals surface area contributed by atoms with Crippen molar-refractivity contribution in [1.82, 2.24) is 0 Å². The Morgan fingerprint density at radius 3 is 2.55 bits per heavy atom. The zero-order chi connectivity index (χ0) is 8.10. The number of hydrogen-bond donors (Lipinski definition) is 0. The van der Waals surface area contributed by atoms with Gasteiger partial charge in [-0.1, -0.05) is 37.3 Å². The van der Waals surface area contributed by atoms with E-state index in [0.717, 1.165) is 5.75 Å². The lowest BCUT2D eigenvalue weighted by Gasteiger charge is -2.03. The van der Waals surface area contributed by atoms with Crippen LogP contribution in [-0.2, 0) is 5.75 Å². The number of benzene rings is 1. The van der Waals surface area contributed by atoms with Crippen LogP contribution >= 0.6 is 11.8 Å². The molecule has 0 saturated carbocycles. The molecule has 0 heterocycles. The summed E-state index contributed by atoms with van der Waals surface area (Å²) >= 11 is 1.87. The molecule has 0 amide bonds. The van der Waals surface area contributed by atoms with Crippen molar-refractivity contribution in [2.75, 3.05) is 0 Å². The van der Waals surface area contributed by atoms with Crippen LogP contribution in [0.1, 0.15) is 12.5 Å². The third kappa shape index (κ3) is 3.47. The first kappa shape index (κ1) is 8.66. The van der Waals surface area contributed by atoms with Gasteiger partial charge >= 0.3 is 0 Å². The van der Waals surface area contributed by atoms with Crippen LogP contribution in [0.15, 0.2) is 30.3 Å².